The zero-order chi connectivity index (χ0) is 12.3. The lowest BCUT2D eigenvalue weighted by Gasteiger charge is -2.20. The van der Waals surface area contributed by atoms with Crippen molar-refractivity contribution in [3.05, 3.63) is 34.9 Å². The van der Waals surface area contributed by atoms with E-state index in [9.17, 15) is 4.79 Å². The van der Waals surface area contributed by atoms with Crippen molar-refractivity contribution in [2.24, 2.45) is 0 Å². The van der Waals surface area contributed by atoms with E-state index in [4.69, 9.17) is 11.6 Å². The molecule has 1 aromatic rings. The molecule has 1 saturated carbocycles. The zero-order valence-corrected chi connectivity index (χ0v) is 10.9. The molecule has 0 spiro atoms. The molecule has 2 rings (SSSR count). The first-order valence-electron chi connectivity index (χ1n) is 6.25. The van der Waals surface area contributed by atoms with Crippen LogP contribution < -0.4 is 0 Å². The average molecular weight is 252 g/mol. The van der Waals surface area contributed by atoms with Gasteiger partial charge >= 0.3 is 0 Å². The Morgan fingerprint density at radius 3 is 2.71 bits per heavy atom. The lowest BCUT2D eigenvalue weighted by molar-refractivity contribution is -0.131. The molecule has 0 radical (unpaired) electrons. The molecule has 1 fully saturated rings. The predicted octanol–water partition coefficient (Wildman–Crippen LogP) is 3.28. The van der Waals surface area contributed by atoms with Gasteiger partial charge in [-0.2, -0.15) is 0 Å². The Bertz CT molecular complexity index is 401. The van der Waals surface area contributed by atoms with Crippen LogP contribution in [0.4, 0.5) is 0 Å². The van der Waals surface area contributed by atoms with Crippen LogP contribution in [-0.4, -0.2) is 23.4 Å². The van der Waals surface area contributed by atoms with Crippen LogP contribution in [-0.2, 0) is 11.2 Å². The van der Waals surface area contributed by atoms with Crippen LogP contribution in [0.25, 0.3) is 0 Å². The van der Waals surface area contributed by atoms with Crippen molar-refractivity contribution in [3.8, 4) is 0 Å². The Kier molecular flexibility index (Phi) is 4.06. The Morgan fingerprint density at radius 2 is 2.12 bits per heavy atom. The summed E-state index contributed by atoms with van der Waals surface area (Å²) >= 11 is 6.07. The highest BCUT2D eigenvalue weighted by molar-refractivity contribution is 6.31. The molecule has 0 N–H and O–H groups in total. The molecule has 1 aromatic carbocycles. The lowest BCUT2D eigenvalue weighted by Crippen LogP contribution is -2.32. The second kappa shape index (κ2) is 5.54. The first-order chi connectivity index (χ1) is 8.22. The van der Waals surface area contributed by atoms with Crippen molar-refractivity contribution in [1.82, 2.24) is 4.90 Å². The predicted molar refractivity (Wildman–Crippen MR) is 70.2 cm³/mol. The monoisotopic (exact) mass is 251 g/mol. The number of hydrogen-bond donors (Lipinski definition) is 0. The van der Waals surface area contributed by atoms with Crippen LogP contribution in [0.1, 0.15) is 31.7 Å². The van der Waals surface area contributed by atoms with E-state index in [1.165, 1.54) is 12.8 Å². The molecule has 1 aliphatic rings. The van der Waals surface area contributed by atoms with E-state index in [0.29, 0.717) is 12.5 Å². The van der Waals surface area contributed by atoms with Gasteiger partial charge in [0.1, 0.15) is 0 Å². The van der Waals surface area contributed by atoms with Crippen LogP contribution in [0.2, 0.25) is 5.02 Å². The summed E-state index contributed by atoms with van der Waals surface area (Å²) in [6.45, 7) is 2.87. The van der Waals surface area contributed by atoms with Gasteiger partial charge in [-0.3, -0.25) is 4.79 Å². The first-order valence-corrected chi connectivity index (χ1v) is 6.63. The van der Waals surface area contributed by atoms with Crippen molar-refractivity contribution in [2.45, 2.75) is 38.6 Å². The SMILES string of the molecule is CCN(C(=O)CCc1ccccc1Cl)C1CC1. The molecule has 0 atom stereocenters. The quantitative estimate of drug-likeness (QED) is 0.787. The Balaban J connectivity index is 1.89. The van der Waals surface area contributed by atoms with Gasteiger partial charge in [0.25, 0.3) is 0 Å². The van der Waals surface area contributed by atoms with Crippen molar-refractivity contribution >= 4 is 17.5 Å². The Hall–Kier alpha value is -1.02. The van der Waals surface area contributed by atoms with E-state index in [-0.39, 0.29) is 5.91 Å². The molecule has 0 heterocycles. The molecule has 2 nitrogen and oxygen atoms in total. The summed E-state index contributed by atoms with van der Waals surface area (Å²) in [7, 11) is 0. The number of rotatable bonds is 5. The molecule has 1 aliphatic carbocycles. The van der Waals surface area contributed by atoms with E-state index in [1.54, 1.807) is 0 Å². The molecule has 1 amide bonds. The second-order valence-electron chi connectivity index (χ2n) is 4.50. The van der Waals surface area contributed by atoms with Crippen LogP contribution in [0.15, 0.2) is 24.3 Å². The number of halogens is 1. The standard InChI is InChI=1S/C14H18ClNO/c1-2-16(12-8-9-12)14(17)10-7-11-5-3-4-6-13(11)15/h3-6,12H,2,7-10H2,1H3. The van der Waals surface area contributed by atoms with Crippen molar-refractivity contribution in [3.63, 3.8) is 0 Å². The van der Waals surface area contributed by atoms with Crippen LogP contribution in [0.3, 0.4) is 0 Å². The van der Waals surface area contributed by atoms with Gasteiger partial charge in [-0.1, -0.05) is 29.8 Å². The van der Waals surface area contributed by atoms with Crippen molar-refractivity contribution < 1.29 is 4.79 Å². The fraction of sp³-hybridized carbons (Fsp3) is 0.500. The normalized spacial score (nSPS) is 14.7. The molecule has 0 saturated heterocycles. The number of aryl methyl sites for hydroxylation is 1. The van der Waals surface area contributed by atoms with E-state index in [2.05, 4.69) is 0 Å². The third-order valence-corrected chi connectivity index (χ3v) is 3.58. The summed E-state index contributed by atoms with van der Waals surface area (Å²) < 4.78 is 0. The number of benzene rings is 1. The topological polar surface area (TPSA) is 20.3 Å². The highest BCUT2D eigenvalue weighted by Gasteiger charge is 2.30. The van der Waals surface area contributed by atoms with Gasteiger partial charge in [0, 0.05) is 24.0 Å². The van der Waals surface area contributed by atoms with E-state index >= 15 is 0 Å². The largest absolute Gasteiger partial charge is 0.340 e. The summed E-state index contributed by atoms with van der Waals surface area (Å²) in [4.78, 5) is 14.0. The number of nitrogens with zero attached hydrogens (tertiary/aromatic N) is 1. The Labute approximate surface area is 108 Å². The smallest absolute Gasteiger partial charge is 0.223 e. The fourth-order valence-electron chi connectivity index (χ4n) is 2.11. The maximum absolute atomic E-state index is 12.0. The number of hydrogen-bond acceptors (Lipinski definition) is 1. The maximum Gasteiger partial charge on any atom is 0.223 e. The molecule has 0 bridgehead atoms. The van der Waals surface area contributed by atoms with E-state index in [1.807, 2.05) is 36.1 Å². The van der Waals surface area contributed by atoms with Crippen LogP contribution in [0, 0.1) is 0 Å². The molecule has 92 valence electrons. The van der Waals surface area contributed by atoms with Crippen molar-refractivity contribution in [1.29, 1.82) is 0 Å². The molecular weight excluding hydrogens is 234 g/mol. The summed E-state index contributed by atoms with van der Waals surface area (Å²) in [6.07, 6.45) is 3.65. The second-order valence-corrected chi connectivity index (χ2v) is 4.91. The Morgan fingerprint density at radius 1 is 1.41 bits per heavy atom. The van der Waals surface area contributed by atoms with E-state index in [0.717, 1.165) is 23.6 Å². The molecule has 3 heteroatoms. The minimum atomic E-state index is 0.259. The maximum atomic E-state index is 12.0. The number of carbonyl (C=O) groups excluding carboxylic acids is 1. The number of amides is 1. The van der Waals surface area contributed by atoms with Gasteiger partial charge in [0.15, 0.2) is 0 Å². The van der Waals surface area contributed by atoms with Crippen LogP contribution in [0.5, 0.6) is 0 Å². The molecule has 0 aromatic heterocycles. The lowest BCUT2D eigenvalue weighted by atomic mass is 10.1. The highest BCUT2D eigenvalue weighted by Crippen LogP contribution is 2.27. The van der Waals surface area contributed by atoms with Gasteiger partial charge in [-0.15, -0.1) is 0 Å². The molecule has 0 aliphatic heterocycles. The van der Waals surface area contributed by atoms with Gasteiger partial charge in [0.05, 0.1) is 0 Å². The average Bonchev–Trinajstić information content (AvgIpc) is 3.13. The molecular formula is C14H18ClNO. The minimum Gasteiger partial charge on any atom is -0.340 e. The molecule has 17 heavy (non-hydrogen) atoms. The van der Waals surface area contributed by atoms with Gasteiger partial charge < -0.3 is 4.90 Å². The fourth-order valence-corrected chi connectivity index (χ4v) is 2.34. The summed E-state index contributed by atoms with van der Waals surface area (Å²) in [5, 5.41) is 0.759. The summed E-state index contributed by atoms with van der Waals surface area (Å²) in [6, 6.07) is 8.25. The van der Waals surface area contributed by atoms with Crippen molar-refractivity contribution in [2.75, 3.05) is 6.54 Å². The van der Waals surface area contributed by atoms with E-state index < -0.39 is 0 Å². The summed E-state index contributed by atoms with van der Waals surface area (Å²) in [5.41, 5.74) is 1.06. The van der Waals surface area contributed by atoms with Gasteiger partial charge in [-0.05, 0) is 37.8 Å². The third kappa shape index (κ3) is 3.22. The third-order valence-electron chi connectivity index (χ3n) is 3.21. The first kappa shape index (κ1) is 12.4. The van der Waals surface area contributed by atoms with Gasteiger partial charge in [0.2, 0.25) is 5.91 Å². The van der Waals surface area contributed by atoms with Gasteiger partial charge in [-0.25, -0.2) is 0 Å². The summed E-state index contributed by atoms with van der Waals surface area (Å²) in [5.74, 6) is 0.259. The number of carbonyl (C=O) groups is 1. The minimum absolute atomic E-state index is 0.259. The highest BCUT2D eigenvalue weighted by atomic mass is 35.5. The zero-order valence-electron chi connectivity index (χ0n) is 10.2. The molecule has 0 unspecified atom stereocenters. The van der Waals surface area contributed by atoms with Crippen LogP contribution >= 0.6 is 11.6 Å².